The van der Waals surface area contributed by atoms with Crippen molar-refractivity contribution in [3.8, 4) is 0 Å². The van der Waals surface area contributed by atoms with E-state index in [1.165, 1.54) is 10.5 Å². The summed E-state index contributed by atoms with van der Waals surface area (Å²) in [4.78, 5) is 1.18. The van der Waals surface area contributed by atoms with Crippen molar-refractivity contribution in [3.05, 3.63) is 23.8 Å². The fourth-order valence-electron chi connectivity index (χ4n) is 1.29. The van der Waals surface area contributed by atoms with Gasteiger partial charge in [0.05, 0.1) is 0 Å². The lowest BCUT2D eigenvalue weighted by Crippen LogP contribution is -1.95. The maximum absolute atomic E-state index is 5.91. The predicted molar refractivity (Wildman–Crippen MR) is 67.4 cm³/mol. The standard InChI is InChI=1S/C12H19NOS/c1-3-14-7-4-8-15-12-6-5-10(2)9-11(12)13/h5-6,9H,3-4,7-8,13H2,1-2H3. The summed E-state index contributed by atoms with van der Waals surface area (Å²) in [6.07, 6.45) is 1.08. The fraction of sp³-hybridized carbons (Fsp3) is 0.500. The minimum atomic E-state index is 0.803. The van der Waals surface area contributed by atoms with E-state index in [4.69, 9.17) is 10.5 Å². The Balaban J connectivity index is 2.31. The molecule has 0 spiro atoms. The average Bonchev–Trinajstić information content (AvgIpc) is 2.20. The number of nitrogens with two attached hydrogens (primary N) is 1. The van der Waals surface area contributed by atoms with Gasteiger partial charge in [-0.3, -0.25) is 0 Å². The topological polar surface area (TPSA) is 35.2 Å². The van der Waals surface area contributed by atoms with Gasteiger partial charge in [0.25, 0.3) is 0 Å². The molecule has 0 atom stereocenters. The molecule has 1 aromatic carbocycles. The summed E-state index contributed by atoms with van der Waals surface area (Å²) in [5.74, 6) is 1.06. The van der Waals surface area contributed by atoms with Crippen LogP contribution in [0.4, 0.5) is 5.69 Å². The third-order valence-electron chi connectivity index (χ3n) is 2.06. The summed E-state index contributed by atoms with van der Waals surface area (Å²) in [5, 5.41) is 0. The van der Waals surface area contributed by atoms with E-state index in [0.717, 1.165) is 31.1 Å². The number of nitrogen functional groups attached to an aromatic ring is 1. The molecular formula is C12H19NOS. The van der Waals surface area contributed by atoms with Crippen molar-refractivity contribution in [2.75, 3.05) is 24.7 Å². The van der Waals surface area contributed by atoms with Crippen LogP contribution in [0, 0.1) is 6.92 Å². The van der Waals surface area contributed by atoms with Crippen LogP contribution >= 0.6 is 11.8 Å². The lowest BCUT2D eigenvalue weighted by atomic mass is 10.2. The molecule has 1 aromatic rings. The number of anilines is 1. The third-order valence-corrected chi connectivity index (χ3v) is 3.24. The Kier molecular flexibility index (Phi) is 5.58. The summed E-state index contributed by atoms with van der Waals surface area (Å²) < 4.78 is 5.28. The van der Waals surface area contributed by atoms with Crippen LogP contribution in [0.3, 0.4) is 0 Å². The van der Waals surface area contributed by atoms with Gasteiger partial charge in [0.15, 0.2) is 0 Å². The molecule has 15 heavy (non-hydrogen) atoms. The molecule has 0 aliphatic rings. The predicted octanol–water partition coefficient (Wildman–Crippen LogP) is 3.10. The molecule has 0 saturated carbocycles. The highest BCUT2D eigenvalue weighted by Crippen LogP contribution is 2.26. The Bertz CT molecular complexity index is 302. The van der Waals surface area contributed by atoms with Crippen molar-refractivity contribution in [2.24, 2.45) is 0 Å². The molecule has 0 radical (unpaired) electrons. The van der Waals surface area contributed by atoms with Gasteiger partial charge < -0.3 is 10.5 Å². The van der Waals surface area contributed by atoms with Gasteiger partial charge >= 0.3 is 0 Å². The zero-order chi connectivity index (χ0) is 11.1. The molecule has 84 valence electrons. The number of thioether (sulfide) groups is 1. The van der Waals surface area contributed by atoms with E-state index >= 15 is 0 Å². The van der Waals surface area contributed by atoms with Gasteiger partial charge in [-0.2, -0.15) is 0 Å². The molecule has 0 amide bonds. The Morgan fingerprint density at radius 3 is 2.87 bits per heavy atom. The third kappa shape index (κ3) is 4.58. The lowest BCUT2D eigenvalue weighted by molar-refractivity contribution is 0.149. The smallest absolute Gasteiger partial charge is 0.0473 e. The molecule has 1 rings (SSSR count). The molecule has 0 bridgehead atoms. The van der Waals surface area contributed by atoms with Crippen molar-refractivity contribution in [1.82, 2.24) is 0 Å². The normalized spacial score (nSPS) is 10.5. The van der Waals surface area contributed by atoms with Gasteiger partial charge in [0.2, 0.25) is 0 Å². The molecule has 0 unspecified atom stereocenters. The number of hydrogen-bond acceptors (Lipinski definition) is 3. The van der Waals surface area contributed by atoms with Crippen LogP contribution < -0.4 is 5.73 Å². The first kappa shape index (κ1) is 12.4. The Morgan fingerprint density at radius 1 is 1.40 bits per heavy atom. The Morgan fingerprint density at radius 2 is 2.20 bits per heavy atom. The van der Waals surface area contributed by atoms with E-state index in [0.29, 0.717) is 0 Å². The molecule has 0 saturated heterocycles. The first-order chi connectivity index (χ1) is 7.24. The second-order valence-corrected chi connectivity index (χ2v) is 4.58. The van der Waals surface area contributed by atoms with E-state index in [1.54, 1.807) is 11.8 Å². The highest BCUT2D eigenvalue weighted by molar-refractivity contribution is 7.99. The average molecular weight is 225 g/mol. The summed E-state index contributed by atoms with van der Waals surface area (Å²) in [7, 11) is 0. The maximum Gasteiger partial charge on any atom is 0.0473 e. The number of ether oxygens (including phenoxy) is 1. The summed E-state index contributed by atoms with van der Waals surface area (Å²) in [6, 6.07) is 6.21. The molecule has 2 N–H and O–H groups in total. The highest BCUT2D eigenvalue weighted by atomic mass is 32.2. The van der Waals surface area contributed by atoms with Crippen molar-refractivity contribution in [2.45, 2.75) is 25.2 Å². The number of hydrogen-bond donors (Lipinski definition) is 1. The van der Waals surface area contributed by atoms with Gasteiger partial charge in [-0.25, -0.2) is 0 Å². The van der Waals surface area contributed by atoms with Gasteiger partial charge in [0.1, 0.15) is 0 Å². The molecule has 2 nitrogen and oxygen atoms in total. The molecular weight excluding hydrogens is 206 g/mol. The van der Waals surface area contributed by atoms with Crippen LogP contribution in [0.25, 0.3) is 0 Å². The van der Waals surface area contributed by atoms with Crippen LogP contribution in [0.1, 0.15) is 18.9 Å². The van der Waals surface area contributed by atoms with Crippen molar-refractivity contribution in [1.29, 1.82) is 0 Å². The number of aryl methyl sites for hydroxylation is 1. The Labute approximate surface area is 96.2 Å². The van der Waals surface area contributed by atoms with Crippen molar-refractivity contribution in [3.63, 3.8) is 0 Å². The second kappa shape index (κ2) is 6.75. The fourth-order valence-corrected chi connectivity index (χ4v) is 2.16. The van der Waals surface area contributed by atoms with E-state index in [-0.39, 0.29) is 0 Å². The molecule has 3 heteroatoms. The SMILES string of the molecule is CCOCCCSc1ccc(C)cc1N. The van der Waals surface area contributed by atoms with Crippen molar-refractivity contribution >= 4 is 17.4 Å². The second-order valence-electron chi connectivity index (χ2n) is 3.44. The van der Waals surface area contributed by atoms with E-state index < -0.39 is 0 Å². The number of benzene rings is 1. The highest BCUT2D eigenvalue weighted by Gasteiger charge is 1.99. The van der Waals surface area contributed by atoms with Crippen LogP contribution in [0.2, 0.25) is 0 Å². The molecule has 0 heterocycles. The first-order valence-corrected chi connectivity index (χ1v) is 6.29. The molecule has 0 aliphatic carbocycles. The minimum Gasteiger partial charge on any atom is -0.398 e. The molecule has 0 aliphatic heterocycles. The van der Waals surface area contributed by atoms with Gasteiger partial charge in [-0.05, 0) is 38.0 Å². The van der Waals surface area contributed by atoms with E-state index in [9.17, 15) is 0 Å². The van der Waals surface area contributed by atoms with Gasteiger partial charge in [-0.1, -0.05) is 6.07 Å². The molecule has 0 fully saturated rings. The molecule has 0 aromatic heterocycles. The maximum atomic E-state index is 5.91. The van der Waals surface area contributed by atoms with Crippen LogP contribution in [-0.2, 0) is 4.74 Å². The summed E-state index contributed by atoms with van der Waals surface area (Å²) >= 11 is 1.80. The minimum absolute atomic E-state index is 0.803. The lowest BCUT2D eigenvalue weighted by Gasteiger charge is -2.06. The summed E-state index contributed by atoms with van der Waals surface area (Å²) in [6.45, 7) is 5.72. The Hall–Kier alpha value is -0.670. The van der Waals surface area contributed by atoms with E-state index in [1.807, 2.05) is 13.0 Å². The van der Waals surface area contributed by atoms with Crippen molar-refractivity contribution < 1.29 is 4.74 Å². The van der Waals surface area contributed by atoms with Gasteiger partial charge in [0, 0.05) is 29.5 Å². The largest absolute Gasteiger partial charge is 0.398 e. The zero-order valence-corrected chi connectivity index (χ0v) is 10.3. The van der Waals surface area contributed by atoms with Crippen LogP contribution in [0.15, 0.2) is 23.1 Å². The number of rotatable bonds is 6. The summed E-state index contributed by atoms with van der Waals surface area (Å²) in [5.41, 5.74) is 8.01. The quantitative estimate of drug-likeness (QED) is 0.459. The van der Waals surface area contributed by atoms with E-state index in [2.05, 4.69) is 19.1 Å². The van der Waals surface area contributed by atoms with Crippen LogP contribution in [0.5, 0.6) is 0 Å². The zero-order valence-electron chi connectivity index (χ0n) is 9.45. The first-order valence-electron chi connectivity index (χ1n) is 5.30. The van der Waals surface area contributed by atoms with Crippen LogP contribution in [-0.4, -0.2) is 19.0 Å². The van der Waals surface area contributed by atoms with Gasteiger partial charge in [-0.15, -0.1) is 11.8 Å². The monoisotopic (exact) mass is 225 g/mol.